The van der Waals surface area contributed by atoms with Crippen LogP contribution >= 0.6 is 0 Å². The molecule has 1 aliphatic heterocycles. The maximum absolute atomic E-state index is 12.3. The van der Waals surface area contributed by atoms with Crippen LogP contribution in [0.25, 0.3) is 0 Å². The predicted molar refractivity (Wildman–Crippen MR) is 94.6 cm³/mol. The van der Waals surface area contributed by atoms with E-state index >= 15 is 0 Å². The summed E-state index contributed by atoms with van der Waals surface area (Å²) in [5.74, 6) is 0.408. The second-order valence-electron chi connectivity index (χ2n) is 7.65. The first-order valence-corrected chi connectivity index (χ1v) is 8.97. The molecule has 132 valence electrons. The van der Waals surface area contributed by atoms with Crippen molar-refractivity contribution >= 4 is 6.03 Å². The van der Waals surface area contributed by atoms with Gasteiger partial charge in [0.25, 0.3) is 0 Å². The fourth-order valence-electron chi connectivity index (χ4n) is 3.71. The Morgan fingerprint density at radius 3 is 2.67 bits per heavy atom. The summed E-state index contributed by atoms with van der Waals surface area (Å²) in [6, 6.07) is 10.9. The number of hydrogen-bond acceptors (Lipinski definition) is 3. The Bertz CT molecular complexity index is 561. The number of hydrogen-bond donors (Lipinski definition) is 3. The molecule has 5 heteroatoms. The first-order chi connectivity index (χ1) is 11.5. The standard InChI is InChI=1S/C19H29N3O2/c1-14-10-17(12-22(14)11-15-6-4-3-5-7-15)20-18(24)21-19(2,13-23)16-8-9-16/h3-7,14,16-17,23H,8-13H2,1-2H3,(H2,20,21,24). The van der Waals surface area contributed by atoms with Crippen molar-refractivity contribution in [3.63, 3.8) is 0 Å². The zero-order valence-corrected chi connectivity index (χ0v) is 14.7. The second kappa shape index (κ2) is 7.11. The molecule has 24 heavy (non-hydrogen) atoms. The monoisotopic (exact) mass is 331 g/mol. The molecule has 3 rings (SSSR count). The summed E-state index contributed by atoms with van der Waals surface area (Å²) < 4.78 is 0. The third-order valence-electron chi connectivity index (χ3n) is 5.47. The van der Waals surface area contributed by atoms with Crippen LogP contribution in [0.2, 0.25) is 0 Å². The van der Waals surface area contributed by atoms with E-state index in [1.807, 2.05) is 13.0 Å². The van der Waals surface area contributed by atoms with E-state index in [9.17, 15) is 9.90 Å². The van der Waals surface area contributed by atoms with Gasteiger partial charge in [-0.2, -0.15) is 0 Å². The van der Waals surface area contributed by atoms with Gasteiger partial charge in [-0.3, -0.25) is 4.90 Å². The van der Waals surface area contributed by atoms with E-state index in [4.69, 9.17) is 0 Å². The highest BCUT2D eigenvalue weighted by atomic mass is 16.3. The highest BCUT2D eigenvalue weighted by Gasteiger charge is 2.42. The molecule has 2 aliphatic rings. The quantitative estimate of drug-likeness (QED) is 0.748. The van der Waals surface area contributed by atoms with E-state index < -0.39 is 5.54 Å². The normalized spacial score (nSPS) is 26.8. The minimum atomic E-state index is -0.488. The summed E-state index contributed by atoms with van der Waals surface area (Å²) in [7, 11) is 0. The molecule has 1 saturated heterocycles. The third-order valence-corrected chi connectivity index (χ3v) is 5.47. The number of nitrogens with one attached hydrogen (secondary N) is 2. The average molecular weight is 331 g/mol. The lowest BCUT2D eigenvalue weighted by molar-refractivity contribution is 0.154. The highest BCUT2D eigenvalue weighted by molar-refractivity contribution is 5.75. The second-order valence-corrected chi connectivity index (χ2v) is 7.65. The lowest BCUT2D eigenvalue weighted by Crippen LogP contribution is -2.56. The molecule has 3 atom stereocenters. The Labute approximate surface area is 144 Å². The molecule has 3 unspecified atom stereocenters. The summed E-state index contributed by atoms with van der Waals surface area (Å²) >= 11 is 0. The van der Waals surface area contributed by atoms with Crippen molar-refractivity contribution in [2.75, 3.05) is 13.2 Å². The van der Waals surface area contributed by atoms with Gasteiger partial charge in [0, 0.05) is 25.2 Å². The van der Waals surface area contributed by atoms with Crippen molar-refractivity contribution in [1.82, 2.24) is 15.5 Å². The van der Waals surface area contributed by atoms with Crippen LogP contribution in [0.5, 0.6) is 0 Å². The summed E-state index contributed by atoms with van der Waals surface area (Å²) in [6.45, 7) is 5.92. The highest BCUT2D eigenvalue weighted by Crippen LogP contribution is 2.39. The van der Waals surface area contributed by atoms with Crippen LogP contribution in [0.3, 0.4) is 0 Å². The van der Waals surface area contributed by atoms with Gasteiger partial charge in [-0.25, -0.2) is 4.79 Å². The first kappa shape index (κ1) is 17.2. The lowest BCUT2D eigenvalue weighted by Gasteiger charge is -2.29. The molecule has 0 radical (unpaired) electrons. The van der Waals surface area contributed by atoms with Gasteiger partial charge in [-0.05, 0) is 44.6 Å². The van der Waals surface area contributed by atoms with E-state index in [1.165, 1.54) is 5.56 Å². The van der Waals surface area contributed by atoms with Gasteiger partial charge in [-0.15, -0.1) is 0 Å². The van der Waals surface area contributed by atoms with E-state index in [2.05, 4.69) is 46.7 Å². The van der Waals surface area contributed by atoms with Crippen molar-refractivity contribution < 1.29 is 9.90 Å². The van der Waals surface area contributed by atoms with Crippen LogP contribution in [-0.4, -0.2) is 46.8 Å². The van der Waals surface area contributed by atoms with Gasteiger partial charge in [0.05, 0.1) is 12.1 Å². The van der Waals surface area contributed by atoms with Crippen LogP contribution in [0, 0.1) is 5.92 Å². The molecule has 0 bridgehead atoms. The number of rotatable bonds is 6. The number of nitrogens with zero attached hydrogens (tertiary/aromatic N) is 1. The average Bonchev–Trinajstić information content (AvgIpc) is 3.35. The smallest absolute Gasteiger partial charge is 0.315 e. The summed E-state index contributed by atoms with van der Waals surface area (Å²) in [6.07, 6.45) is 3.13. The fourth-order valence-corrected chi connectivity index (χ4v) is 3.71. The fraction of sp³-hybridized carbons (Fsp3) is 0.632. The Hall–Kier alpha value is -1.59. The zero-order valence-electron chi connectivity index (χ0n) is 14.7. The molecule has 2 fully saturated rings. The molecule has 5 nitrogen and oxygen atoms in total. The van der Waals surface area contributed by atoms with Crippen molar-refractivity contribution in [2.45, 2.75) is 57.3 Å². The number of aliphatic hydroxyl groups excluding tert-OH is 1. The van der Waals surface area contributed by atoms with E-state index in [-0.39, 0.29) is 18.7 Å². The van der Waals surface area contributed by atoms with Crippen molar-refractivity contribution in [3.05, 3.63) is 35.9 Å². The minimum absolute atomic E-state index is 0.00765. The SMILES string of the molecule is CC1CC(NC(=O)NC(C)(CO)C2CC2)CN1Cc1ccccc1. The molecule has 1 saturated carbocycles. The molecular weight excluding hydrogens is 302 g/mol. The van der Waals surface area contributed by atoms with Gasteiger partial charge in [0.1, 0.15) is 0 Å². The zero-order chi connectivity index (χ0) is 17.2. The maximum atomic E-state index is 12.3. The predicted octanol–water partition coefficient (Wildman–Crippen LogP) is 2.11. The van der Waals surface area contributed by atoms with Gasteiger partial charge in [0.2, 0.25) is 0 Å². The number of aliphatic hydroxyl groups is 1. The first-order valence-electron chi connectivity index (χ1n) is 8.97. The molecule has 0 spiro atoms. The summed E-state index contributed by atoms with van der Waals surface area (Å²) in [4.78, 5) is 14.7. The van der Waals surface area contributed by atoms with E-state index in [0.29, 0.717) is 12.0 Å². The Morgan fingerprint density at radius 1 is 1.33 bits per heavy atom. The number of benzene rings is 1. The van der Waals surface area contributed by atoms with Crippen LogP contribution in [0.15, 0.2) is 30.3 Å². The summed E-state index contributed by atoms with van der Waals surface area (Å²) in [5.41, 5.74) is 0.814. The topological polar surface area (TPSA) is 64.6 Å². The number of likely N-dealkylation sites (tertiary alicyclic amines) is 1. The third kappa shape index (κ3) is 4.08. The van der Waals surface area contributed by atoms with E-state index in [0.717, 1.165) is 32.4 Å². The largest absolute Gasteiger partial charge is 0.394 e. The number of carbonyl (C=O) groups excluding carboxylic acids is 1. The maximum Gasteiger partial charge on any atom is 0.315 e. The Kier molecular flexibility index (Phi) is 5.11. The summed E-state index contributed by atoms with van der Waals surface area (Å²) in [5, 5.41) is 15.7. The van der Waals surface area contributed by atoms with Gasteiger partial charge in [0.15, 0.2) is 0 Å². The minimum Gasteiger partial charge on any atom is -0.394 e. The number of amides is 2. The van der Waals surface area contributed by atoms with Crippen LogP contribution < -0.4 is 10.6 Å². The molecular formula is C19H29N3O2. The van der Waals surface area contributed by atoms with E-state index in [1.54, 1.807) is 0 Å². The molecule has 2 amide bonds. The van der Waals surface area contributed by atoms with Crippen molar-refractivity contribution in [1.29, 1.82) is 0 Å². The van der Waals surface area contributed by atoms with Crippen LogP contribution in [0.4, 0.5) is 4.79 Å². The van der Waals surface area contributed by atoms with Gasteiger partial charge in [-0.1, -0.05) is 30.3 Å². The molecule has 1 aromatic carbocycles. The van der Waals surface area contributed by atoms with Crippen LogP contribution in [0.1, 0.15) is 38.7 Å². The van der Waals surface area contributed by atoms with Gasteiger partial charge < -0.3 is 15.7 Å². The number of urea groups is 1. The Balaban J connectivity index is 1.50. The van der Waals surface area contributed by atoms with Crippen LogP contribution in [-0.2, 0) is 6.54 Å². The number of carbonyl (C=O) groups is 1. The molecule has 3 N–H and O–H groups in total. The van der Waals surface area contributed by atoms with Crippen molar-refractivity contribution in [3.8, 4) is 0 Å². The Morgan fingerprint density at radius 2 is 2.04 bits per heavy atom. The molecule has 1 heterocycles. The molecule has 1 aromatic rings. The van der Waals surface area contributed by atoms with Gasteiger partial charge >= 0.3 is 6.03 Å². The molecule has 0 aromatic heterocycles. The van der Waals surface area contributed by atoms with Crippen molar-refractivity contribution in [2.24, 2.45) is 5.92 Å². The molecule has 1 aliphatic carbocycles. The lowest BCUT2D eigenvalue weighted by atomic mass is 9.97.